The molecule has 0 N–H and O–H groups in total. The van der Waals surface area contributed by atoms with Crippen LogP contribution in [0.5, 0.6) is 0 Å². The van der Waals surface area contributed by atoms with E-state index in [1.165, 1.54) is 5.56 Å². The predicted octanol–water partition coefficient (Wildman–Crippen LogP) is 0.863. The first-order valence-electron chi connectivity index (χ1n) is 4.83. The first kappa shape index (κ1) is 11.9. The minimum Gasteiger partial charge on any atom is -0.397 e. The predicted molar refractivity (Wildman–Crippen MR) is 61.2 cm³/mol. The molecule has 0 atom stereocenters. The molecule has 0 fully saturated rings. The molecule has 0 amide bonds. The molecule has 0 spiro atoms. The fraction of sp³-hybridized carbons (Fsp3) is 0.364. The van der Waals surface area contributed by atoms with Gasteiger partial charge in [-0.15, -0.1) is 0 Å². The van der Waals surface area contributed by atoms with Crippen molar-refractivity contribution in [2.75, 3.05) is 14.2 Å². The lowest BCUT2D eigenvalue weighted by Crippen LogP contribution is -2.37. The number of nitriles is 1. The Morgan fingerprint density at radius 1 is 1.27 bits per heavy atom. The van der Waals surface area contributed by atoms with Crippen LogP contribution in [0, 0.1) is 11.3 Å². The summed E-state index contributed by atoms with van der Waals surface area (Å²) < 4.78 is 10.7. The summed E-state index contributed by atoms with van der Waals surface area (Å²) in [6, 6.07) is 10.2. The molecule has 1 aromatic carbocycles. The van der Waals surface area contributed by atoms with Crippen LogP contribution in [0.3, 0.4) is 0 Å². The van der Waals surface area contributed by atoms with Gasteiger partial charge in [0.1, 0.15) is 0 Å². The van der Waals surface area contributed by atoms with Crippen molar-refractivity contribution in [2.24, 2.45) is 0 Å². The van der Waals surface area contributed by atoms with Crippen LogP contribution in [0.4, 0.5) is 0 Å². The Labute approximate surface area is 92.1 Å². The normalized spacial score (nSPS) is 10.3. The van der Waals surface area contributed by atoms with Gasteiger partial charge in [0.15, 0.2) is 0 Å². The molecule has 0 aliphatic rings. The second-order valence-corrected chi connectivity index (χ2v) is 5.39. The summed E-state index contributed by atoms with van der Waals surface area (Å²) in [5.41, 5.74) is 1.17. The molecular formula is C11H15NO2Si. The maximum atomic E-state index is 8.57. The fourth-order valence-electron chi connectivity index (χ4n) is 1.53. The Kier molecular flexibility index (Phi) is 5.05. The largest absolute Gasteiger partial charge is 0.397 e. The zero-order valence-corrected chi connectivity index (χ0v) is 10.2. The molecule has 1 rings (SSSR count). The zero-order valence-electron chi connectivity index (χ0n) is 9.06. The smallest absolute Gasteiger partial charge is 0.355 e. The van der Waals surface area contributed by atoms with E-state index >= 15 is 0 Å². The van der Waals surface area contributed by atoms with E-state index in [0.717, 1.165) is 11.6 Å². The van der Waals surface area contributed by atoms with Crippen molar-refractivity contribution in [1.82, 2.24) is 0 Å². The lowest BCUT2D eigenvalue weighted by molar-refractivity contribution is 0.291. The van der Waals surface area contributed by atoms with Crippen molar-refractivity contribution < 1.29 is 8.85 Å². The molecule has 4 heteroatoms. The van der Waals surface area contributed by atoms with Gasteiger partial charge < -0.3 is 8.85 Å². The van der Waals surface area contributed by atoms with E-state index in [1.807, 2.05) is 24.3 Å². The van der Waals surface area contributed by atoms with Gasteiger partial charge in [-0.2, -0.15) is 5.26 Å². The van der Waals surface area contributed by atoms with Gasteiger partial charge in [0.2, 0.25) is 0 Å². The van der Waals surface area contributed by atoms with Crippen LogP contribution >= 0.6 is 0 Å². The molecule has 0 heterocycles. The van der Waals surface area contributed by atoms with Gasteiger partial charge in [-0.1, -0.05) is 24.3 Å². The molecule has 0 radical (unpaired) electrons. The van der Waals surface area contributed by atoms with Gasteiger partial charge in [0.25, 0.3) is 0 Å². The fourth-order valence-corrected chi connectivity index (χ4v) is 3.04. The Morgan fingerprint density at radius 3 is 2.53 bits per heavy atom. The average Bonchev–Trinajstić information content (AvgIpc) is 2.29. The summed E-state index contributed by atoms with van der Waals surface area (Å²) in [5, 5.41) is 9.71. The number of nitrogens with zero attached hydrogens (tertiary/aromatic N) is 1. The standard InChI is InChI=1S/C11H15NO2Si/c1-13-15(14-2)11-8-4-3-6-10(11)7-5-9-12/h3-4,6,8,15H,5,7H2,1-2H3. The van der Waals surface area contributed by atoms with Crippen LogP contribution < -0.4 is 5.19 Å². The maximum Gasteiger partial charge on any atom is 0.355 e. The van der Waals surface area contributed by atoms with E-state index in [-0.39, 0.29) is 0 Å². The highest BCUT2D eigenvalue weighted by Gasteiger charge is 2.16. The van der Waals surface area contributed by atoms with Crippen molar-refractivity contribution in [3.8, 4) is 6.07 Å². The first-order valence-corrected chi connectivity index (χ1v) is 6.35. The van der Waals surface area contributed by atoms with Gasteiger partial charge in [-0.25, -0.2) is 0 Å². The zero-order chi connectivity index (χ0) is 11.1. The highest BCUT2D eigenvalue weighted by molar-refractivity contribution is 6.61. The van der Waals surface area contributed by atoms with Gasteiger partial charge in [-0.3, -0.25) is 0 Å². The molecule has 0 unspecified atom stereocenters. The van der Waals surface area contributed by atoms with Crippen molar-refractivity contribution in [1.29, 1.82) is 5.26 Å². The second kappa shape index (κ2) is 6.35. The monoisotopic (exact) mass is 221 g/mol. The Balaban J connectivity index is 2.90. The highest BCUT2D eigenvalue weighted by atomic mass is 28.3. The average molecular weight is 221 g/mol. The van der Waals surface area contributed by atoms with Crippen molar-refractivity contribution in [3.05, 3.63) is 29.8 Å². The molecule has 3 nitrogen and oxygen atoms in total. The summed E-state index contributed by atoms with van der Waals surface area (Å²) in [6.45, 7) is 0. The molecule has 0 bridgehead atoms. The topological polar surface area (TPSA) is 42.2 Å². The molecule has 0 saturated heterocycles. The van der Waals surface area contributed by atoms with Gasteiger partial charge in [0, 0.05) is 20.6 Å². The van der Waals surface area contributed by atoms with E-state index < -0.39 is 9.28 Å². The summed E-state index contributed by atoms with van der Waals surface area (Å²) in [4.78, 5) is 0. The number of benzene rings is 1. The van der Waals surface area contributed by atoms with Gasteiger partial charge in [-0.05, 0) is 17.2 Å². The van der Waals surface area contributed by atoms with E-state index in [1.54, 1.807) is 14.2 Å². The Morgan fingerprint density at radius 2 is 1.93 bits per heavy atom. The van der Waals surface area contributed by atoms with E-state index in [2.05, 4.69) is 6.07 Å². The lowest BCUT2D eigenvalue weighted by Gasteiger charge is -2.14. The minimum atomic E-state index is -1.74. The van der Waals surface area contributed by atoms with Crippen molar-refractivity contribution in [3.63, 3.8) is 0 Å². The van der Waals surface area contributed by atoms with E-state index in [9.17, 15) is 0 Å². The first-order chi connectivity index (χ1) is 7.33. The SMILES string of the molecule is CO[SiH](OC)c1ccccc1CCC#N. The third-order valence-corrected chi connectivity index (χ3v) is 4.17. The van der Waals surface area contributed by atoms with Gasteiger partial charge in [0.05, 0.1) is 6.07 Å². The Hall–Kier alpha value is -1.15. The van der Waals surface area contributed by atoms with Crippen LogP contribution in [-0.4, -0.2) is 23.5 Å². The molecule has 1 aromatic rings. The van der Waals surface area contributed by atoms with Crippen LogP contribution in [-0.2, 0) is 15.3 Å². The lowest BCUT2D eigenvalue weighted by atomic mass is 10.1. The van der Waals surface area contributed by atoms with E-state index in [4.69, 9.17) is 14.1 Å². The van der Waals surface area contributed by atoms with E-state index in [0.29, 0.717) is 6.42 Å². The molecule has 0 aliphatic carbocycles. The molecule has 0 saturated carbocycles. The third kappa shape index (κ3) is 3.17. The minimum absolute atomic E-state index is 0.533. The quantitative estimate of drug-likeness (QED) is 0.693. The van der Waals surface area contributed by atoms with Crippen LogP contribution in [0.15, 0.2) is 24.3 Å². The third-order valence-electron chi connectivity index (χ3n) is 2.24. The summed E-state index contributed by atoms with van der Waals surface area (Å²) in [7, 11) is 1.59. The number of aryl methyl sites for hydroxylation is 1. The second-order valence-electron chi connectivity index (χ2n) is 3.16. The molecule has 0 aromatic heterocycles. The highest BCUT2D eigenvalue weighted by Crippen LogP contribution is 2.02. The molecular weight excluding hydrogens is 206 g/mol. The number of hydrogen-bond acceptors (Lipinski definition) is 3. The number of hydrogen-bond donors (Lipinski definition) is 0. The van der Waals surface area contributed by atoms with Crippen LogP contribution in [0.25, 0.3) is 0 Å². The molecule has 0 aliphatic heterocycles. The van der Waals surface area contributed by atoms with Gasteiger partial charge >= 0.3 is 9.28 Å². The molecule has 15 heavy (non-hydrogen) atoms. The summed E-state index contributed by atoms with van der Waals surface area (Å²) in [6.07, 6.45) is 1.30. The Bertz CT molecular complexity index is 345. The van der Waals surface area contributed by atoms with Crippen molar-refractivity contribution >= 4 is 14.5 Å². The molecule has 80 valence electrons. The van der Waals surface area contributed by atoms with Crippen LogP contribution in [0.2, 0.25) is 0 Å². The summed E-state index contributed by atoms with van der Waals surface area (Å²) in [5.74, 6) is 0. The van der Waals surface area contributed by atoms with Crippen LogP contribution in [0.1, 0.15) is 12.0 Å². The summed E-state index contributed by atoms with van der Waals surface area (Å²) >= 11 is 0. The number of rotatable bonds is 5. The maximum absolute atomic E-state index is 8.57. The van der Waals surface area contributed by atoms with Crippen molar-refractivity contribution in [2.45, 2.75) is 12.8 Å².